The van der Waals surface area contributed by atoms with Gasteiger partial charge in [0.2, 0.25) is 5.91 Å². The van der Waals surface area contributed by atoms with E-state index in [1.54, 1.807) is 24.3 Å². The van der Waals surface area contributed by atoms with Gasteiger partial charge < -0.3 is 20.1 Å². The van der Waals surface area contributed by atoms with E-state index in [1.807, 2.05) is 6.92 Å². The maximum Gasteiger partial charge on any atom is 0.418 e. The number of halogens is 3. The zero-order chi connectivity index (χ0) is 21.4. The Balaban J connectivity index is 2.01. The first-order valence-corrected chi connectivity index (χ1v) is 8.83. The highest BCUT2D eigenvalue weighted by Gasteiger charge is 2.34. The molecule has 0 aliphatic rings. The van der Waals surface area contributed by atoms with Crippen LogP contribution in [0.15, 0.2) is 42.5 Å². The van der Waals surface area contributed by atoms with Crippen molar-refractivity contribution in [2.24, 2.45) is 0 Å². The first-order valence-electron chi connectivity index (χ1n) is 8.83. The molecule has 2 amide bonds. The van der Waals surface area contributed by atoms with Crippen molar-refractivity contribution < 1.29 is 32.2 Å². The van der Waals surface area contributed by atoms with Crippen molar-refractivity contribution in [2.45, 2.75) is 26.4 Å². The molecule has 2 aromatic carbocycles. The van der Waals surface area contributed by atoms with Crippen LogP contribution >= 0.6 is 0 Å². The van der Waals surface area contributed by atoms with Crippen molar-refractivity contribution in [3.8, 4) is 11.5 Å². The molecule has 0 aromatic heterocycles. The molecule has 2 rings (SSSR count). The van der Waals surface area contributed by atoms with Gasteiger partial charge in [-0.1, -0.05) is 6.92 Å². The van der Waals surface area contributed by atoms with E-state index in [2.05, 4.69) is 10.6 Å². The smallest absolute Gasteiger partial charge is 0.418 e. The molecule has 0 heterocycles. The van der Waals surface area contributed by atoms with E-state index >= 15 is 0 Å². The van der Waals surface area contributed by atoms with E-state index in [1.165, 1.54) is 13.0 Å². The molecule has 29 heavy (non-hydrogen) atoms. The quantitative estimate of drug-likeness (QED) is 0.673. The Hall–Kier alpha value is -3.23. The van der Waals surface area contributed by atoms with E-state index < -0.39 is 35.8 Å². The number of carbonyl (C=O) groups excluding carboxylic acids is 2. The lowest BCUT2D eigenvalue weighted by Gasteiger charge is -2.16. The second-order valence-corrected chi connectivity index (χ2v) is 6.10. The predicted molar refractivity (Wildman–Crippen MR) is 102 cm³/mol. The van der Waals surface area contributed by atoms with Gasteiger partial charge in [0.25, 0.3) is 5.91 Å². The Bertz CT molecular complexity index is 852. The monoisotopic (exact) mass is 410 g/mol. The molecule has 156 valence electrons. The van der Waals surface area contributed by atoms with Crippen LogP contribution in [0.3, 0.4) is 0 Å². The summed E-state index contributed by atoms with van der Waals surface area (Å²) in [6, 6.07) is 9.64. The van der Waals surface area contributed by atoms with Gasteiger partial charge in [-0.05, 0) is 48.9 Å². The van der Waals surface area contributed by atoms with E-state index in [0.29, 0.717) is 18.1 Å². The molecular formula is C20H21F3N2O4. The molecular weight excluding hydrogens is 389 g/mol. The number of anilines is 2. The van der Waals surface area contributed by atoms with E-state index in [-0.39, 0.29) is 5.69 Å². The van der Waals surface area contributed by atoms with Gasteiger partial charge in [-0.2, -0.15) is 13.2 Å². The number of carbonyl (C=O) groups is 2. The van der Waals surface area contributed by atoms with Crippen LogP contribution in [0.5, 0.6) is 11.5 Å². The lowest BCUT2D eigenvalue weighted by molar-refractivity contribution is -0.137. The number of rotatable bonds is 8. The predicted octanol–water partition coefficient (Wildman–Crippen LogP) is 4.47. The molecule has 9 heteroatoms. The van der Waals surface area contributed by atoms with Crippen molar-refractivity contribution in [1.29, 1.82) is 0 Å². The molecule has 0 spiro atoms. The topological polar surface area (TPSA) is 76.7 Å². The van der Waals surface area contributed by atoms with Crippen LogP contribution < -0.4 is 20.1 Å². The first kappa shape index (κ1) is 22.1. The summed E-state index contributed by atoms with van der Waals surface area (Å²) in [7, 11) is 0. The number of hydrogen-bond donors (Lipinski definition) is 2. The van der Waals surface area contributed by atoms with Crippen molar-refractivity contribution in [1.82, 2.24) is 0 Å². The molecule has 0 aliphatic carbocycles. The third-order valence-corrected chi connectivity index (χ3v) is 3.59. The maximum atomic E-state index is 13.3. The number of ether oxygens (including phenoxy) is 2. The van der Waals surface area contributed by atoms with Crippen molar-refractivity contribution >= 4 is 23.2 Å². The molecule has 0 atom stereocenters. The standard InChI is InChI=1S/C20H21F3N2O4/c1-3-10-28-15-5-7-16(8-6-15)29-12-19(27)25-18-9-4-14(24-13(2)26)11-17(18)20(21,22)23/h4-9,11H,3,10,12H2,1-2H3,(H,24,26)(H,25,27). The zero-order valence-corrected chi connectivity index (χ0v) is 15.9. The Kier molecular flexibility index (Phi) is 7.46. The second kappa shape index (κ2) is 9.81. The Morgan fingerprint density at radius 1 is 0.966 bits per heavy atom. The molecule has 0 saturated carbocycles. The van der Waals surface area contributed by atoms with Gasteiger partial charge in [0.15, 0.2) is 6.61 Å². The Morgan fingerprint density at radius 2 is 1.59 bits per heavy atom. The minimum Gasteiger partial charge on any atom is -0.494 e. The molecule has 6 nitrogen and oxygen atoms in total. The van der Waals surface area contributed by atoms with Crippen LogP contribution in [0.2, 0.25) is 0 Å². The summed E-state index contributed by atoms with van der Waals surface area (Å²) in [6.45, 7) is 3.27. The summed E-state index contributed by atoms with van der Waals surface area (Å²) in [5.41, 5.74) is -1.53. The van der Waals surface area contributed by atoms with Crippen molar-refractivity contribution in [3.05, 3.63) is 48.0 Å². The van der Waals surface area contributed by atoms with Gasteiger partial charge in [-0.15, -0.1) is 0 Å². The lowest BCUT2D eigenvalue weighted by Crippen LogP contribution is -2.22. The minimum atomic E-state index is -4.72. The third kappa shape index (κ3) is 7.02. The Labute approximate surface area is 166 Å². The van der Waals surface area contributed by atoms with E-state index in [0.717, 1.165) is 18.6 Å². The van der Waals surface area contributed by atoms with Crippen LogP contribution in [-0.2, 0) is 15.8 Å². The molecule has 0 aliphatic heterocycles. The van der Waals surface area contributed by atoms with Crippen LogP contribution in [-0.4, -0.2) is 25.0 Å². The van der Waals surface area contributed by atoms with Crippen LogP contribution in [0.25, 0.3) is 0 Å². The highest BCUT2D eigenvalue weighted by atomic mass is 19.4. The van der Waals surface area contributed by atoms with Crippen molar-refractivity contribution in [2.75, 3.05) is 23.8 Å². The van der Waals surface area contributed by atoms with Gasteiger partial charge in [0, 0.05) is 12.6 Å². The average Bonchev–Trinajstić information content (AvgIpc) is 2.65. The normalized spacial score (nSPS) is 10.9. The molecule has 0 saturated heterocycles. The number of amides is 2. The molecule has 0 radical (unpaired) electrons. The second-order valence-electron chi connectivity index (χ2n) is 6.10. The van der Waals surface area contributed by atoms with E-state index in [9.17, 15) is 22.8 Å². The average molecular weight is 410 g/mol. The lowest BCUT2D eigenvalue weighted by atomic mass is 10.1. The highest BCUT2D eigenvalue weighted by Crippen LogP contribution is 2.36. The molecule has 0 fully saturated rings. The highest BCUT2D eigenvalue weighted by molar-refractivity contribution is 5.94. The first-order chi connectivity index (χ1) is 13.7. The number of hydrogen-bond acceptors (Lipinski definition) is 4. The summed E-state index contributed by atoms with van der Waals surface area (Å²) >= 11 is 0. The molecule has 0 unspecified atom stereocenters. The van der Waals surface area contributed by atoms with Gasteiger partial charge >= 0.3 is 6.18 Å². The SMILES string of the molecule is CCCOc1ccc(OCC(=O)Nc2ccc(NC(C)=O)cc2C(F)(F)F)cc1. The molecule has 0 bridgehead atoms. The van der Waals surface area contributed by atoms with Gasteiger partial charge in [0.1, 0.15) is 11.5 Å². The van der Waals surface area contributed by atoms with Gasteiger partial charge in [0.05, 0.1) is 17.9 Å². The maximum absolute atomic E-state index is 13.3. The Morgan fingerprint density at radius 3 is 2.14 bits per heavy atom. The number of alkyl halides is 3. The van der Waals surface area contributed by atoms with E-state index in [4.69, 9.17) is 9.47 Å². The number of benzene rings is 2. The number of nitrogens with one attached hydrogen (secondary N) is 2. The van der Waals surface area contributed by atoms with Crippen LogP contribution in [0.1, 0.15) is 25.8 Å². The zero-order valence-electron chi connectivity index (χ0n) is 15.9. The van der Waals surface area contributed by atoms with Crippen LogP contribution in [0.4, 0.5) is 24.5 Å². The molecule has 2 N–H and O–H groups in total. The fourth-order valence-electron chi connectivity index (χ4n) is 2.36. The summed E-state index contributed by atoms with van der Waals surface area (Å²) in [5, 5.41) is 4.46. The summed E-state index contributed by atoms with van der Waals surface area (Å²) in [6.07, 6.45) is -3.85. The fraction of sp³-hybridized carbons (Fsp3) is 0.300. The third-order valence-electron chi connectivity index (χ3n) is 3.59. The van der Waals surface area contributed by atoms with Gasteiger partial charge in [-0.25, -0.2) is 0 Å². The van der Waals surface area contributed by atoms with Crippen molar-refractivity contribution in [3.63, 3.8) is 0 Å². The largest absolute Gasteiger partial charge is 0.494 e. The summed E-state index contributed by atoms with van der Waals surface area (Å²) in [5.74, 6) is -0.234. The van der Waals surface area contributed by atoms with Crippen LogP contribution in [0, 0.1) is 0 Å². The summed E-state index contributed by atoms with van der Waals surface area (Å²) < 4.78 is 50.6. The summed E-state index contributed by atoms with van der Waals surface area (Å²) in [4.78, 5) is 23.1. The fourth-order valence-corrected chi connectivity index (χ4v) is 2.36. The van der Waals surface area contributed by atoms with Gasteiger partial charge in [-0.3, -0.25) is 9.59 Å². The molecule has 2 aromatic rings. The minimum absolute atomic E-state index is 0.0237.